The molecular formula is C7H4F3N2O+. The first-order chi connectivity index (χ1) is 5.95. The highest BCUT2D eigenvalue weighted by Gasteiger charge is 2.35. The second-order valence-electron chi connectivity index (χ2n) is 2.30. The quantitative estimate of drug-likeness (QED) is 0.638. The molecule has 6 heteroatoms. The van der Waals surface area contributed by atoms with Gasteiger partial charge in [-0.1, -0.05) is 0 Å². The minimum Gasteiger partial charge on any atom is -0.507 e. The van der Waals surface area contributed by atoms with Crippen LogP contribution >= 0.6 is 0 Å². The van der Waals surface area contributed by atoms with Crippen LogP contribution in [-0.4, -0.2) is 5.11 Å². The second-order valence-corrected chi connectivity index (χ2v) is 2.30. The number of nitrogens with zero attached hydrogens (tertiary/aromatic N) is 2. The number of phenols is 1. The first-order valence-electron chi connectivity index (χ1n) is 3.20. The van der Waals surface area contributed by atoms with Crippen molar-refractivity contribution in [2.75, 3.05) is 0 Å². The fraction of sp³-hybridized carbons (Fsp3) is 0.143. The highest BCUT2D eigenvalue weighted by molar-refractivity contribution is 5.51. The molecule has 0 saturated carbocycles. The van der Waals surface area contributed by atoms with Crippen molar-refractivity contribution < 1.29 is 18.3 Å². The maximum atomic E-state index is 12.1. The van der Waals surface area contributed by atoms with Gasteiger partial charge in [0.15, 0.2) is 4.98 Å². The third kappa shape index (κ3) is 1.87. The summed E-state index contributed by atoms with van der Waals surface area (Å²) in [7, 11) is 0. The standard InChI is InChI=1S/C7H3F3N2O/c8-7(9,10)5-3-4(12-11)1-2-6(5)13/h1-3H/p+1. The molecule has 0 aliphatic carbocycles. The van der Waals surface area contributed by atoms with Gasteiger partial charge in [-0.15, -0.1) is 0 Å². The van der Waals surface area contributed by atoms with E-state index < -0.39 is 17.5 Å². The Morgan fingerprint density at radius 3 is 2.38 bits per heavy atom. The summed E-state index contributed by atoms with van der Waals surface area (Å²) in [5, 5.41) is 17.0. The maximum absolute atomic E-state index is 12.1. The monoisotopic (exact) mass is 189 g/mol. The van der Waals surface area contributed by atoms with E-state index in [0.717, 1.165) is 12.1 Å². The molecule has 1 N–H and O–H groups in total. The average molecular weight is 189 g/mol. The number of rotatable bonds is 0. The molecule has 1 rings (SSSR count). The zero-order valence-corrected chi connectivity index (χ0v) is 6.21. The first kappa shape index (κ1) is 9.32. The molecule has 0 aliphatic heterocycles. The molecule has 0 atom stereocenters. The molecule has 0 unspecified atom stereocenters. The fourth-order valence-corrected chi connectivity index (χ4v) is 0.813. The van der Waals surface area contributed by atoms with Crippen molar-refractivity contribution in [1.29, 1.82) is 5.39 Å². The summed E-state index contributed by atoms with van der Waals surface area (Å²) >= 11 is 0. The van der Waals surface area contributed by atoms with E-state index in [2.05, 4.69) is 4.98 Å². The van der Waals surface area contributed by atoms with Crippen LogP contribution in [0.1, 0.15) is 5.56 Å². The van der Waals surface area contributed by atoms with E-state index in [1.807, 2.05) is 0 Å². The van der Waals surface area contributed by atoms with E-state index in [4.69, 9.17) is 10.5 Å². The summed E-state index contributed by atoms with van der Waals surface area (Å²) in [5.74, 6) is -0.889. The van der Waals surface area contributed by atoms with Crippen LogP contribution in [0.15, 0.2) is 18.2 Å². The number of benzene rings is 1. The van der Waals surface area contributed by atoms with Gasteiger partial charge in [-0.2, -0.15) is 13.2 Å². The highest BCUT2D eigenvalue weighted by Crippen LogP contribution is 2.37. The number of phenolic OH excluding ortho intramolecular Hbond substituents is 1. The molecule has 1 aromatic carbocycles. The van der Waals surface area contributed by atoms with Crippen molar-refractivity contribution in [2.24, 2.45) is 0 Å². The molecule has 13 heavy (non-hydrogen) atoms. The summed E-state index contributed by atoms with van der Waals surface area (Å²) in [6.07, 6.45) is -4.65. The lowest BCUT2D eigenvalue weighted by atomic mass is 10.2. The van der Waals surface area contributed by atoms with Crippen molar-refractivity contribution in [3.05, 3.63) is 28.7 Å². The van der Waals surface area contributed by atoms with Crippen LogP contribution in [0.4, 0.5) is 18.9 Å². The van der Waals surface area contributed by atoms with Crippen LogP contribution < -0.4 is 0 Å². The van der Waals surface area contributed by atoms with E-state index in [0.29, 0.717) is 6.07 Å². The summed E-state index contributed by atoms with van der Waals surface area (Å²) in [6, 6.07) is 2.43. The minimum atomic E-state index is -4.65. The van der Waals surface area contributed by atoms with E-state index in [1.165, 1.54) is 0 Å². The van der Waals surface area contributed by atoms with E-state index in [9.17, 15) is 13.2 Å². The number of alkyl halides is 3. The Labute approximate surface area is 71.0 Å². The van der Waals surface area contributed by atoms with Gasteiger partial charge >= 0.3 is 11.9 Å². The van der Waals surface area contributed by atoms with Gasteiger partial charge < -0.3 is 5.11 Å². The molecule has 3 nitrogen and oxygen atoms in total. The SMILES string of the molecule is N#[N+]c1ccc(O)c(C(F)(F)F)c1. The Morgan fingerprint density at radius 2 is 1.92 bits per heavy atom. The normalized spacial score (nSPS) is 10.9. The first-order valence-corrected chi connectivity index (χ1v) is 3.20. The van der Waals surface area contributed by atoms with Gasteiger partial charge in [0.25, 0.3) is 0 Å². The Balaban J connectivity index is 3.29. The van der Waals surface area contributed by atoms with E-state index in [-0.39, 0.29) is 5.69 Å². The zero-order valence-electron chi connectivity index (χ0n) is 6.21. The lowest BCUT2D eigenvalue weighted by molar-refractivity contribution is -0.138. The molecule has 0 spiro atoms. The van der Waals surface area contributed by atoms with Crippen LogP contribution in [0.25, 0.3) is 4.98 Å². The van der Waals surface area contributed by atoms with E-state index >= 15 is 0 Å². The van der Waals surface area contributed by atoms with Crippen LogP contribution in [-0.2, 0) is 6.18 Å². The largest absolute Gasteiger partial charge is 0.507 e. The minimum absolute atomic E-state index is 0.259. The Bertz CT molecular complexity index is 367. The van der Waals surface area contributed by atoms with Gasteiger partial charge in [-0.25, -0.2) is 0 Å². The molecular weight excluding hydrogens is 185 g/mol. The van der Waals surface area contributed by atoms with Gasteiger partial charge in [0.2, 0.25) is 5.39 Å². The Hall–Kier alpha value is -1.77. The molecule has 1 aromatic rings. The van der Waals surface area contributed by atoms with Crippen LogP contribution in [0.5, 0.6) is 5.75 Å². The molecule has 0 fully saturated rings. The Morgan fingerprint density at radius 1 is 1.31 bits per heavy atom. The zero-order chi connectivity index (χ0) is 10.1. The van der Waals surface area contributed by atoms with Crippen molar-refractivity contribution in [3.63, 3.8) is 0 Å². The summed E-state index contributed by atoms with van der Waals surface area (Å²) < 4.78 is 36.2. The van der Waals surface area contributed by atoms with Gasteiger partial charge in [0.1, 0.15) is 11.3 Å². The van der Waals surface area contributed by atoms with Crippen molar-refractivity contribution in [2.45, 2.75) is 6.18 Å². The predicted octanol–water partition coefficient (Wildman–Crippen LogP) is 2.90. The Kier molecular flexibility index (Phi) is 2.10. The van der Waals surface area contributed by atoms with Gasteiger partial charge in [0.05, 0.1) is 0 Å². The lowest BCUT2D eigenvalue weighted by Gasteiger charge is -2.06. The van der Waals surface area contributed by atoms with Crippen molar-refractivity contribution in [3.8, 4) is 5.75 Å². The molecule has 0 aliphatic rings. The average Bonchev–Trinajstić information content (AvgIpc) is 2.03. The molecule has 0 amide bonds. The fourth-order valence-electron chi connectivity index (χ4n) is 0.813. The maximum Gasteiger partial charge on any atom is 0.420 e. The topological polar surface area (TPSA) is 48.4 Å². The van der Waals surface area contributed by atoms with Crippen LogP contribution in [0.2, 0.25) is 0 Å². The van der Waals surface area contributed by atoms with Crippen molar-refractivity contribution in [1.82, 2.24) is 0 Å². The smallest absolute Gasteiger partial charge is 0.420 e. The third-order valence-corrected chi connectivity index (χ3v) is 1.40. The number of aromatic hydroxyl groups is 1. The lowest BCUT2D eigenvalue weighted by Crippen LogP contribution is -2.04. The number of hydrogen-bond donors (Lipinski definition) is 1. The molecule has 0 saturated heterocycles. The van der Waals surface area contributed by atoms with Crippen molar-refractivity contribution >= 4 is 5.69 Å². The number of hydrogen-bond acceptors (Lipinski definition) is 2. The molecule has 0 heterocycles. The highest BCUT2D eigenvalue weighted by atomic mass is 19.4. The molecule has 0 aromatic heterocycles. The van der Waals surface area contributed by atoms with Gasteiger partial charge in [0, 0.05) is 12.1 Å². The van der Waals surface area contributed by atoms with Crippen LogP contribution in [0.3, 0.4) is 0 Å². The van der Waals surface area contributed by atoms with Crippen LogP contribution in [0, 0.1) is 5.39 Å². The van der Waals surface area contributed by atoms with Gasteiger partial charge in [-0.05, 0) is 6.07 Å². The molecule has 0 radical (unpaired) electrons. The second kappa shape index (κ2) is 2.94. The number of diazo groups is 1. The number of halogens is 3. The summed E-state index contributed by atoms with van der Waals surface area (Å²) in [6.45, 7) is 0. The summed E-state index contributed by atoms with van der Waals surface area (Å²) in [4.78, 5) is 2.57. The van der Waals surface area contributed by atoms with Gasteiger partial charge in [-0.3, -0.25) is 0 Å². The molecule has 0 bridgehead atoms. The summed E-state index contributed by atoms with van der Waals surface area (Å²) in [5.41, 5.74) is -1.48. The predicted molar refractivity (Wildman–Crippen MR) is 37.9 cm³/mol. The third-order valence-electron chi connectivity index (χ3n) is 1.40. The van der Waals surface area contributed by atoms with E-state index in [1.54, 1.807) is 0 Å². The molecule has 68 valence electrons.